The van der Waals surface area contributed by atoms with Crippen LogP contribution in [0.5, 0.6) is 0 Å². The minimum absolute atomic E-state index is 0.532. The molecule has 2 N–H and O–H groups in total. The van der Waals surface area contributed by atoms with Crippen molar-refractivity contribution in [2.75, 3.05) is 0 Å². The molecule has 220 valence electrons. The van der Waals surface area contributed by atoms with Crippen molar-refractivity contribution in [3.05, 3.63) is 107 Å². The van der Waals surface area contributed by atoms with Crippen LogP contribution < -0.4 is 0 Å². The number of benzene rings is 2. The number of rotatable bonds is 2. The quantitative estimate of drug-likeness (QED) is 0.232. The van der Waals surface area contributed by atoms with Crippen molar-refractivity contribution in [3.63, 3.8) is 0 Å². The molecule has 2 aliphatic carbocycles. The summed E-state index contributed by atoms with van der Waals surface area (Å²) in [5.74, 6) is 0. The van der Waals surface area contributed by atoms with E-state index in [-0.39, 0.29) is 0 Å². The lowest BCUT2D eigenvalue weighted by Gasteiger charge is -2.23. The number of halogens is 6. The van der Waals surface area contributed by atoms with Crippen molar-refractivity contribution in [1.82, 2.24) is 9.97 Å². The molecule has 2 atom stereocenters. The lowest BCUT2D eigenvalue weighted by atomic mass is 9.86. The van der Waals surface area contributed by atoms with E-state index in [1.165, 1.54) is 24.3 Å². The third kappa shape index (κ3) is 6.34. The number of aliphatic hydroxyl groups is 2. The van der Waals surface area contributed by atoms with Crippen LogP contribution in [0.3, 0.4) is 0 Å². The van der Waals surface area contributed by atoms with Gasteiger partial charge in [-0.15, -0.1) is 0 Å². The van der Waals surface area contributed by atoms with Crippen LogP contribution in [0.2, 0.25) is 0 Å². The topological polar surface area (TPSA) is 66.2 Å². The van der Waals surface area contributed by atoms with E-state index in [4.69, 9.17) is 0 Å². The molecule has 0 bridgehead atoms. The summed E-state index contributed by atoms with van der Waals surface area (Å²) in [6, 6.07) is 10.1. The average molecular weight is 587 g/mol. The second-order valence-corrected chi connectivity index (χ2v) is 10.5. The standard InChI is InChI=1S/2C16H14F3NO/c2*17-16(18,19)11-6-4-10(5-7-11)13-8-20-9-14-12(13)2-1-3-15(14)21/h2*4-9,15,21H,1-3H2. The van der Waals surface area contributed by atoms with Crippen LogP contribution in [0.25, 0.3) is 22.3 Å². The Morgan fingerprint density at radius 1 is 0.548 bits per heavy atom. The van der Waals surface area contributed by atoms with Gasteiger partial charge in [0.05, 0.1) is 23.3 Å². The van der Waals surface area contributed by atoms with E-state index in [9.17, 15) is 36.6 Å². The Labute approximate surface area is 238 Å². The maximum atomic E-state index is 12.6. The molecule has 2 aromatic heterocycles. The second-order valence-electron chi connectivity index (χ2n) is 10.5. The molecule has 42 heavy (non-hydrogen) atoms. The third-order valence-electron chi connectivity index (χ3n) is 7.75. The summed E-state index contributed by atoms with van der Waals surface area (Å²) in [6.07, 6.45) is 1.63. The summed E-state index contributed by atoms with van der Waals surface area (Å²) in [7, 11) is 0. The molecule has 0 radical (unpaired) electrons. The van der Waals surface area contributed by atoms with Gasteiger partial charge in [-0.3, -0.25) is 9.97 Å². The highest BCUT2D eigenvalue weighted by Crippen LogP contribution is 2.38. The SMILES string of the molecule is OC1CCCc2c(-c3ccc(C(F)(F)F)cc3)cncc21.OC1CCCc2c(-c3ccc(C(F)(F)F)cc3)cncc21. The van der Waals surface area contributed by atoms with Gasteiger partial charge in [0.1, 0.15) is 0 Å². The van der Waals surface area contributed by atoms with Crippen molar-refractivity contribution >= 4 is 0 Å². The van der Waals surface area contributed by atoms with Crippen molar-refractivity contribution in [3.8, 4) is 22.3 Å². The Bertz CT molecular complexity index is 1420. The van der Waals surface area contributed by atoms with Gasteiger partial charge in [-0.25, -0.2) is 0 Å². The highest BCUT2D eigenvalue weighted by atomic mass is 19.4. The van der Waals surface area contributed by atoms with Gasteiger partial charge in [0, 0.05) is 47.0 Å². The molecule has 0 amide bonds. The number of alkyl halides is 6. The van der Waals surface area contributed by atoms with Crippen LogP contribution in [-0.4, -0.2) is 20.2 Å². The molecule has 0 spiro atoms. The molecule has 2 aliphatic rings. The van der Waals surface area contributed by atoms with Gasteiger partial charge in [-0.05, 0) is 85.0 Å². The van der Waals surface area contributed by atoms with Crippen molar-refractivity contribution in [1.29, 1.82) is 0 Å². The van der Waals surface area contributed by atoms with E-state index in [1.807, 2.05) is 0 Å². The Hall–Kier alpha value is -3.76. The fraction of sp³-hybridized carbons (Fsp3) is 0.312. The number of hydrogen-bond donors (Lipinski definition) is 2. The highest BCUT2D eigenvalue weighted by molar-refractivity contribution is 5.69. The summed E-state index contributed by atoms with van der Waals surface area (Å²) in [5, 5.41) is 20.0. The van der Waals surface area contributed by atoms with E-state index >= 15 is 0 Å². The zero-order valence-electron chi connectivity index (χ0n) is 22.4. The molecular weight excluding hydrogens is 558 g/mol. The van der Waals surface area contributed by atoms with Crippen molar-refractivity contribution < 1.29 is 36.6 Å². The zero-order chi connectivity index (χ0) is 30.1. The Balaban J connectivity index is 0.000000168. The van der Waals surface area contributed by atoms with Gasteiger partial charge in [0.15, 0.2) is 0 Å². The molecule has 2 heterocycles. The van der Waals surface area contributed by atoms with E-state index in [0.717, 1.165) is 83.3 Å². The molecule has 2 unspecified atom stereocenters. The summed E-state index contributed by atoms with van der Waals surface area (Å²) in [4.78, 5) is 8.23. The highest BCUT2D eigenvalue weighted by Gasteiger charge is 2.31. The van der Waals surface area contributed by atoms with E-state index in [1.54, 1.807) is 24.8 Å². The van der Waals surface area contributed by atoms with Gasteiger partial charge in [-0.2, -0.15) is 26.3 Å². The largest absolute Gasteiger partial charge is 0.416 e. The first-order valence-electron chi connectivity index (χ1n) is 13.6. The number of hydrogen-bond acceptors (Lipinski definition) is 4. The molecule has 0 saturated carbocycles. The number of nitrogens with zero attached hydrogens (tertiary/aromatic N) is 2. The van der Waals surface area contributed by atoms with Crippen LogP contribution in [0.4, 0.5) is 26.3 Å². The fourth-order valence-electron chi connectivity index (χ4n) is 5.57. The number of aliphatic hydroxyl groups excluding tert-OH is 2. The maximum Gasteiger partial charge on any atom is 0.416 e. The van der Waals surface area contributed by atoms with Gasteiger partial charge in [0.25, 0.3) is 0 Å². The molecule has 2 aromatic carbocycles. The number of aromatic nitrogens is 2. The number of fused-ring (bicyclic) bond motifs is 2. The van der Waals surface area contributed by atoms with Crippen LogP contribution in [0.1, 0.15) is 71.3 Å². The van der Waals surface area contributed by atoms with Crippen molar-refractivity contribution in [2.45, 2.75) is 63.1 Å². The summed E-state index contributed by atoms with van der Waals surface area (Å²) >= 11 is 0. The lowest BCUT2D eigenvalue weighted by Crippen LogP contribution is -2.11. The first-order chi connectivity index (χ1) is 19.9. The maximum absolute atomic E-state index is 12.6. The molecule has 10 heteroatoms. The molecule has 4 aromatic rings. The fourth-order valence-corrected chi connectivity index (χ4v) is 5.57. The Kier molecular flexibility index (Phi) is 8.39. The third-order valence-corrected chi connectivity index (χ3v) is 7.75. The van der Waals surface area contributed by atoms with E-state index in [2.05, 4.69) is 9.97 Å². The van der Waals surface area contributed by atoms with E-state index in [0.29, 0.717) is 24.0 Å². The molecule has 4 nitrogen and oxygen atoms in total. The first kappa shape index (κ1) is 29.7. The number of pyridine rings is 2. The molecule has 0 aliphatic heterocycles. The second kappa shape index (κ2) is 11.9. The van der Waals surface area contributed by atoms with Gasteiger partial charge < -0.3 is 10.2 Å². The smallest absolute Gasteiger partial charge is 0.388 e. The predicted molar refractivity (Wildman–Crippen MR) is 145 cm³/mol. The molecule has 0 fully saturated rings. The summed E-state index contributed by atoms with van der Waals surface area (Å²) < 4.78 is 75.6. The molecule has 6 rings (SSSR count). The van der Waals surface area contributed by atoms with Crippen LogP contribution >= 0.6 is 0 Å². The predicted octanol–water partition coefficient (Wildman–Crippen LogP) is 8.27. The summed E-state index contributed by atoms with van der Waals surface area (Å²) in [6.45, 7) is 0. The first-order valence-corrected chi connectivity index (χ1v) is 13.6. The van der Waals surface area contributed by atoms with Gasteiger partial charge in [0.2, 0.25) is 0 Å². The lowest BCUT2D eigenvalue weighted by molar-refractivity contribution is -0.138. The monoisotopic (exact) mass is 586 g/mol. The van der Waals surface area contributed by atoms with Crippen LogP contribution in [0.15, 0.2) is 73.3 Å². The Morgan fingerprint density at radius 3 is 1.24 bits per heavy atom. The van der Waals surface area contributed by atoms with Crippen molar-refractivity contribution in [2.24, 2.45) is 0 Å². The Morgan fingerprint density at radius 2 is 0.905 bits per heavy atom. The van der Waals surface area contributed by atoms with Crippen LogP contribution in [0, 0.1) is 0 Å². The van der Waals surface area contributed by atoms with Gasteiger partial charge in [-0.1, -0.05) is 24.3 Å². The molecule has 0 saturated heterocycles. The normalized spacial score (nSPS) is 18.4. The zero-order valence-corrected chi connectivity index (χ0v) is 22.4. The van der Waals surface area contributed by atoms with E-state index < -0.39 is 35.7 Å². The van der Waals surface area contributed by atoms with Crippen LogP contribution in [-0.2, 0) is 25.2 Å². The average Bonchev–Trinajstić information content (AvgIpc) is 2.97. The summed E-state index contributed by atoms with van der Waals surface area (Å²) in [5.41, 5.74) is 5.24. The van der Waals surface area contributed by atoms with Gasteiger partial charge >= 0.3 is 12.4 Å². The minimum atomic E-state index is -4.33. The minimum Gasteiger partial charge on any atom is -0.388 e. The molecular formula is C32H28F6N2O2.